The minimum Gasteiger partial charge on any atom is -0.477 e. The Bertz CT molecular complexity index is 413. The summed E-state index contributed by atoms with van der Waals surface area (Å²) >= 11 is 0. The van der Waals surface area contributed by atoms with Crippen LogP contribution in [-0.4, -0.2) is 44.8 Å². The zero-order valence-electron chi connectivity index (χ0n) is 11.1. The van der Waals surface area contributed by atoms with E-state index in [0.717, 1.165) is 6.54 Å². The van der Waals surface area contributed by atoms with Crippen molar-refractivity contribution >= 4 is 5.97 Å². The standard InChI is InChI=1S/C13H20N2O3/c1-4-15(9-13(2,3)18)8-10-6-5-7-11(14-10)12(16)17/h5-7,18H,4,8-9H2,1-3H3,(H,16,17). The van der Waals surface area contributed by atoms with Gasteiger partial charge in [-0.2, -0.15) is 0 Å². The van der Waals surface area contributed by atoms with Gasteiger partial charge in [0.15, 0.2) is 0 Å². The lowest BCUT2D eigenvalue weighted by molar-refractivity contribution is 0.0348. The molecule has 0 saturated carbocycles. The van der Waals surface area contributed by atoms with E-state index in [9.17, 15) is 9.90 Å². The quantitative estimate of drug-likeness (QED) is 0.800. The summed E-state index contributed by atoms with van der Waals surface area (Å²) in [5.41, 5.74) is -0.0340. The van der Waals surface area contributed by atoms with Gasteiger partial charge >= 0.3 is 5.97 Å². The molecule has 2 N–H and O–H groups in total. The molecule has 0 aliphatic carbocycles. The van der Waals surface area contributed by atoms with E-state index in [1.165, 1.54) is 6.07 Å². The maximum atomic E-state index is 10.8. The molecule has 100 valence electrons. The molecular weight excluding hydrogens is 232 g/mol. The summed E-state index contributed by atoms with van der Waals surface area (Å²) < 4.78 is 0. The van der Waals surface area contributed by atoms with Crippen molar-refractivity contribution < 1.29 is 15.0 Å². The van der Waals surface area contributed by atoms with Crippen molar-refractivity contribution in [3.8, 4) is 0 Å². The van der Waals surface area contributed by atoms with Crippen LogP contribution >= 0.6 is 0 Å². The molecule has 18 heavy (non-hydrogen) atoms. The maximum Gasteiger partial charge on any atom is 0.354 e. The number of carboxylic acid groups (broad SMARTS) is 1. The van der Waals surface area contributed by atoms with E-state index in [2.05, 4.69) is 4.98 Å². The summed E-state index contributed by atoms with van der Waals surface area (Å²) in [7, 11) is 0. The molecule has 0 aliphatic rings. The van der Waals surface area contributed by atoms with Gasteiger partial charge in [-0.3, -0.25) is 4.90 Å². The third kappa shape index (κ3) is 4.81. The second-order valence-corrected chi connectivity index (χ2v) is 4.94. The van der Waals surface area contributed by atoms with E-state index in [0.29, 0.717) is 18.8 Å². The Kier molecular flexibility index (Phi) is 4.81. The molecule has 5 nitrogen and oxygen atoms in total. The molecule has 1 aromatic heterocycles. The van der Waals surface area contributed by atoms with Gasteiger partial charge in [0.05, 0.1) is 11.3 Å². The number of hydrogen-bond donors (Lipinski definition) is 2. The normalized spacial score (nSPS) is 11.8. The fourth-order valence-corrected chi connectivity index (χ4v) is 1.74. The SMILES string of the molecule is CCN(Cc1cccc(C(=O)O)n1)CC(C)(C)O. The zero-order chi connectivity index (χ0) is 13.8. The van der Waals surface area contributed by atoms with E-state index in [4.69, 9.17) is 5.11 Å². The Morgan fingerprint density at radius 1 is 1.44 bits per heavy atom. The van der Waals surface area contributed by atoms with Crippen LogP contribution in [0, 0.1) is 0 Å². The fraction of sp³-hybridized carbons (Fsp3) is 0.538. The van der Waals surface area contributed by atoms with E-state index >= 15 is 0 Å². The molecule has 0 saturated heterocycles. The molecule has 0 aromatic carbocycles. The molecule has 1 heterocycles. The highest BCUT2D eigenvalue weighted by Crippen LogP contribution is 2.09. The van der Waals surface area contributed by atoms with Gasteiger partial charge in [-0.1, -0.05) is 13.0 Å². The number of carboxylic acids is 1. The van der Waals surface area contributed by atoms with Gasteiger partial charge in [-0.05, 0) is 32.5 Å². The maximum absolute atomic E-state index is 10.8. The number of pyridine rings is 1. The van der Waals surface area contributed by atoms with E-state index in [1.54, 1.807) is 26.0 Å². The number of aromatic carboxylic acids is 1. The van der Waals surface area contributed by atoms with Crippen molar-refractivity contribution in [3.63, 3.8) is 0 Å². The monoisotopic (exact) mass is 252 g/mol. The molecule has 0 spiro atoms. The molecule has 1 aromatic rings. The summed E-state index contributed by atoms with van der Waals surface area (Å²) in [4.78, 5) is 16.9. The molecule has 0 bridgehead atoms. The number of rotatable bonds is 6. The Morgan fingerprint density at radius 2 is 2.11 bits per heavy atom. The summed E-state index contributed by atoms with van der Waals surface area (Å²) in [6.07, 6.45) is 0. The van der Waals surface area contributed by atoms with Gasteiger partial charge in [-0.25, -0.2) is 9.78 Å². The fourth-order valence-electron chi connectivity index (χ4n) is 1.74. The summed E-state index contributed by atoms with van der Waals surface area (Å²) in [5.74, 6) is -1.03. The predicted molar refractivity (Wildman–Crippen MR) is 68.4 cm³/mol. The first-order valence-electron chi connectivity index (χ1n) is 5.96. The van der Waals surface area contributed by atoms with Crippen molar-refractivity contribution in [2.75, 3.05) is 13.1 Å². The summed E-state index contributed by atoms with van der Waals surface area (Å²) in [6, 6.07) is 4.95. The van der Waals surface area contributed by atoms with E-state index < -0.39 is 11.6 Å². The lowest BCUT2D eigenvalue weighted by atomic mass is 10.1. The molecule has 0 atom stereocenters. The van der Waals surface area contributed by atoms with E-state index in [-0.39, 0.29) is 5.69 Å². The lowest BCUT2D eigenvalue weighted by Crippen LogP contribution is -2.38. The number of aliphatic hydroxyl groups is 1. The number of nitrogens with zero attached hydrogens (tertiary/aromatic N) is 2. The molecule has 5 heteroatoms. The van der Waals surface area contributed by atoms with Crippen LogP contribution in [0.2, 0.25) is 0 Å². The second kappa shape index (κ2) is 5.93. The lowest BCUT2D eigenvalue weighted by Gasteiger charge is -2.27. The van der Waals surface area contributed by atoms with Crippen LogP contribution in [0.3, 0.4) is 0 Å². The van der Waals surface area contributed by atoms with Crippen molar-refractivity contribution in [3.05, 3.63) is 29.6 Å². The first-order chi connectivity index (χ1) is 8.31. The number of carbonyl (C=O) groups is 1. The van der Waals surface area contributed by atoms with Crippen molar-refractivity contribution in [2.24, 2.45) is 0 Å². The van der Waals surface area contributed by atoms with Gasteiger partial charge < -0.3 is 10.2 Å². The molecular formula is C13H20N2O3. The predicted octanol–water partition coefficient (Wildman–Crippen LogP) is 1.37. The Hall–Kier alpha value is -1.46. The summed E-state index contributed by atoms with van der Waals surface area (Å²) in [5, 5.41) is 18.7. The van der Waals surface area contributed by atoms with Crippen molar-refractivity contribution in [1.29, 1.82) is 0 Å². The highest BCUT2D eigenvalue weighted by Gasteiger charge is 2.18. The highest BCUT2D eigenvalue weighted by molar-refractivity contribution is 5.85. The first-order valence-corrected chi connectivity index (χ1v) is 5.96. The minimum atomic E-state index is -1.03. The van der Waals surface area contributed by atoms with Crippen LogP contribution in [0.15, 0.2) is 18.2 Å². The molecule has 0 aliphatic heterocycles. The second-order valence-electron chi connectivity index (χ2n) is 4.94. The Balaban J connectivity index is 2.76. The minimum absolute atomic E-state index is 0.0480. The molecule has 1 rings (SSSR count). The largest absolute Gasteiger partial charge is 0.477 e. The first kappa shape index (κ1) is 14.6. The van der Waals surface area contributed by atoms with Crippen molar-refractivity contribution in [1.82, 2.24) is 9.88 Å². The molecule has 0 amide bonds. The van der Waals surface area contributed by atoms with Gasteiger partial charge in [0.1, 0.15) is 5.69 Å². The zero-order valence-corrected chi connectivity index (χ0v) is 11.1. The van der Waals surface area contributed by atoms with Crippen LogP contribution < -0.4 is 0 Å². The number of hydrogen-bond acceptors (Lipinski definition) is 4. The van der Waals surface area contributed by atoms with Gasteiger partial charge in [0.25, 0.3) is 0 Å². The van der Waals surface area contributed by atoms with Gasteiger partial charge in [0.2, 0.25) is 0 Å². The average molecular weight is 252 g/mol. The van der Waals surface area contributed by atoms with Gasteiger partial charge in [-0.15, -0.1) is 0 Å². The van der Waals surface area contributed by atoms with Crippen LogP contribution in [0.4, 0.5) is 0 Å². The molecule has 0 unspecified atom stereocenters. The van der Waals surface area contributed by atoms with Crippen LogP contribution in [0.1, 0.15) is 37.0 Å². The van der Waals surface area contributed by atoms with Gasteiger partial charge in [0, 0.05) is 13.1 Å². The number of aromatic nitrogens is 1. The Labute approximate surface area is 107 Å². The molecule has 0 fully saturated rings. The molecule has 0 radical (unpaired) electrons. The number of likely N-dealkylation sites (N-methyl/N-ethyl adjacent to an activating group) is 1. The smallest absolute Gasteiger partial charge is 0.354 e. The Morgan fingerprint density at radius 3 is 2.61 bits per heavy atom. The topological polar surface area (TPSA) is 73.7 Å². The third-order valence-electron chi connectivity index (χ3n) is 2.47. The van der Waals surface area contributed by atoms with Crippen LogP contribution in [0.5, 0.6) is 0 Å². The van der Waals surface area contributed by atoms with E-state index in [1.807, 2.05) is 11.8 Å². The average Bonchev–Trinajstić information content (AvgIpc) is 2.26. The summed E-state index contributed by atoms with van der Waals surface area (Å²) in [6.45, 7) is 7.30. The highest BCUT2D eigenvalue weighted by atomic mass is 16.4. The van der Waals surface area contributed by atoms with Crippen LogP contribution in [0.25, 0.3) is 0 Å². The third-order valence-corrected chi connectivity index (χ3v) is 2.47. The van der Waals surface area contributed by atoms with Crippen molar-refractivity contribution in [2.45, 2.75) is 32.9 Å². The van der Waals surface area contributed by atoms with Crippen LogP contribution in [-0.2, 0) is 6.54 Å².